The van der Waals surface area contributed by atoms with Crippen LogP contribution in [-0.4, -0.2) is 37.0 Å². The third kappa shape index (κ3) is 2.86. The SMILES string of the molecule is CC1CC(CNC(=O)C2=C(F)CCC2)CN1C. The summed E-state index contributed by atoms with van der Waals surface area (Å²) in [5.41, 5.74) is 0.379. The molecule has 2 aliphatic rings. The van der Waals surface area contributed by atoms with Gasteiger partial charge in [0.25, 0.3) is 0 Å². The summed E-state index contributed by atoms with van der Waals surface area (Å²) in [6.45, 7) is 3.88. The highest BCUT2D eigenvalue weighted by molar-refractivity contribution is 5.94. The van der Waals surface area contributed by atoms with Gasteiger partial charge in [-0.1, -0.05) is 0 Å². The van der Waals surface area contributed by atoms with E-state index in [1.165, 1.54) is 0 Å². The number of likely N-dealkylation sites (tertiary alicyclic amines) is 1. The minimum atomic E-state index is -0.209. The lowest BCUT2D eigenvalue weighted by Crippen LogP contribution is -2.31. The highest BCUT2D eigenvalue weighted by Gasteiger charge is 2.27. The number of rotatable bonds is 3. The van der Waals surface area contributed by atoms with Crippen molar-refractivity contribution in [2.45, 2.75) is 38.6 Å². The van der Waals surface area contributed by atoms with Crippen LogP contribution in [0.5, 0.6) is 0 Å². The molecule has 17 heavy (non-hydrogen) atoms. The molecule has 0 radical (unpaired) electrons. The average molecular weight is 240 g/mol. The Morgan fingerprint density at radius 2 is 2.29 bits per heavy atom. The largest absolute Gasteiger partial charge is 0.352 e. The zero-order chi connectivity index (χ0) is 12.4. The van der Waals surface area contributed by atoms with Crippen LogP contribution in [0.25, 0.3) is 0 Å². The van der Waals surface area contributed by atoms with Gasteiger partial charge in [-0.15, -0.1) is 0 Å². The molecule has 1 heterocycles. The topological polar surface area (TPSA) is 32.3 Å². The molecule has 2 unspecified atom stereocenters. The van der Waals surface area contributed by atoms with E-state index in [1.807, 2.05) is 0 Å². The van der Waals surface area contributed by atoms with Crippen molar-refractivity contribution in [1.82, 2.24) is 10.2 Å². The summed E-state index contributed by atoms with van der Waals surface area (Å²) in [6, 6.07) is 0.583. The average Bonchev–Trinajstić information content (AvgIpc) is 2.83. The van der Waals surface area contributed by atoms with E-state index in [1.54, 1.807) is 0 Å². The highest BCUT2D eigenvalue weighted by Crippen LogP contribution is 2.27. The minimum Gasteiger partial charge on any atom is -0.352 e. The molecule has 3 nitrogen and oxygen atoms in total. The number of hydrogen-bond acceptors (Lipinski definition) is 2. The van der Waals surface area contributed by atoms with Gasteiger partial charge in [-0.05, 0) is 45.6 Å². The normalized spacial score (nSPS) is 30.1. The third-order valence-electron chi connectivity index (χ3n) is 3.95. The van der Waals surface area contributed by atoms with E-state index in [2.05, 4.69) is 24.2 Å². The van der Waals surface area contributed by atoms with Crippen molar-refractivity contribution in [3.05, 3.63) is 11.4 Å². The van der Waals surface area contributed by atoms with Crippen LogP contribution in [0, 0.1) is 5.92 Å². The summed E-state index contributed by atoms with van der Waals surface area (Å²) in [4.78, 5) is 14.1. The number of carbonyl (C=O) groups is 1. The van der Waals surface area contributed by atoms with Gasteiger partial charge in [0, 0.05) is 24.7 Å². The molecule has 1 aliphatic heterocycles. The van der Waals surface area contributed by atoms with Crippen LogP contribution in [0.1, 0.15) is 32.6 Å². The zero-order valence-corrected chi connectivity index (χ0v) is 10.6. The summed E-state index contributed by atoms with van der Waals surface area (Å²) in [5.74, 6) is 0.102. The molecule has 1 amide bonds. The lowest BCUT2D eigenvalue weighted by molar-refractivity contribution is -0.117. The van der Waals surface area contributed by atoms with Crippen LogP contribution in [0.3, 0.4) is 0 Å². The lowest BCUT2D eigenvalue weighted by atomic mass is 10.1. The number of allylic oxidation sites excluding steroid dienone is 1. The van der Waals surface area contributed by atoms with Crippen molar-refractivity contribution < 1.29 is 9.18 Å². The molecule has 0 aromatic rings. The van der Waals surface area contributed by atoms with Gasteiger partial charge in [-0.25, -0.2) is 4.39 Å². The maximum absolute atomic E-state index is 13.3. The summed E-state index contributed by atoms with van der Waals surface area (Å²) >= 11 is 0. The molecule has 96 valence electrons. The Morgan fingerprint density at radius 3 is 2.82 bits per heavy atom. The first kappa shape index (κ1) is 12.6. The fraction of sp³-hybridized carbons (Fsp3) is 0.769. The fourth-order valence-electron chi connectivity index (χ4n) is 2.76. The predicted octanol–water partition coefficient (Wildman–Crippen LogP) is 1.85. The van der Waals surface area contributed by atoms with Crippen molar-refractivity contribution in [2.75, 3.05) is 20.1 Å². The third-order valence-corrected chi connectivity index (χ3v) is 3.95. The van der Waals surface area contributed by atoms with Gasteiger partial charge in [-0.2, -0.15) is 0 Å². The van der Waals surface area contributed by atoms with Crippen molar-refractivity contribution in [1.29, 1.82) is 0 Å². The second-order valence-electron chi connectivity index (χ2n) is 5.34. The molecule has 0 aromatic carbocycles. The molecule has 2 atom stereocenters. The van der Waals surface area contributed by atoms with E-state index in [-0.39, 0.29) is 11.7 Å². The first-order chi connectivity index (χ1) is 8.08. The fourth-order valence-corrected chi connectivity index (χ4v) is 2.76. The van der Waals surface area contributed by atoms with Crippen molar-refractivity contribution in [3.8, 4) is 0 Å². The number of carbonyl (C=O) groups excluding carboxylic acids is 1. The number of amides is 1. The maximum Gasteiger partial charge on any atom is 0.249 e. The molecular formula is C13H21FN2O. The molecule has 0 saturated carbocycles. The van der Waals surface area contributed by atoms with Crippen LogP contribution < -0.4 is 5.32 Å². The van der Waals surface area contributed by atoms with E-state index >= 15 is 0 Å². The van der Waals surface area contributed by atoms with Crippen LogP contribution in [0.15, 0.2) is 11.4 Å². The van der Waals surface area contributed by atoms with Crippen LogP contribution in [0.4, 0.5) is 4.39 Å². The molecule has 0 aromatic heterocycles. The Kier molecular flexibility index (Phi) is 3.82. The zero-order valence-electron chi connectivity index (χ0n) is 10.6. The van der Waals surface area contributed by atoms with E-state index < -0.39 is 0 Å². The van der Waals surface area contributed by atoms with E-state index in [0.29, 0.717) is 36.9 Å². The number of hydrogen-bond donors (Lipinski definition) is 1. The smallest absolute Gasteiger partial charge is 0.249 e. The standard InChI is InChI=1S/C13H21FN2O/c1-9-6-10(8-16(9)2)7-15-13(17)11-4-3-5-12(11)14/h9-10H,3-8H2,1-2H3,(H,15,17). The Morgan fingerprint density at radius 1 is 1.53 bits per heavy atom. The van der Waals surface area contributed by atoms with Gasteiger partial charge in [0.05, 0.1) is 0 Å². The Hall–Kier alpha value is -0.900. The number of nitrogens with one attached hydrogen (secondary N) is 1. The monoisotopic (exact) mass is 240 g/mol. The molecule has 0 spiro atoms. The van der Waals surface area contributed by atoms with Gasteiger partial charge in [0.2, 0.25) is 5.91 Å². The maximum atomic E-state index is 13.3. The lowest BCUT2D eigenvalue weighted by Gasteiger charge is -2.13. The molecule has 0 bridgehead atoms. The first-order valence-electron chi connectivity index (χ1n) is 6.44. The van der Waals surface area contributed by atoms with E-state index in [9.17, 15) is 9.18 Å². The molecule has 4 heteroatoms. The number of nitrogens with zero attached hydrogens (tertiary/aromatic N) is 1. The van der Waals surface area contributed by atoms with Gasteiger partial charge in [-0.3, -0.25) is 4.79 Å². The van der Waals surface area contributed by atoms with Crippen LogP contribution in [0.2, 0.25) is 0 Å². The summed E-state index contributed by atoms with van der Waals surface area (Å²) in [6.07, 6.45) is 2.92. The predicted molar refractivity (Wildman–Crippen MR) is 65.2 cm³/mol. The van der Waals surface area contributed by atoms with Gasteiger partial charge >= 0.3 is 0 Å². The van der Waals surface area contributed by atoms with E-state index in [0.717, 1.165) is 19.4 Å². The molecule has 1 aliphatic carbocycles. The summed E-state index contributed by atoms with van der Waals surface area (Å²) in [7, 11) is 2.10. The van der Waals surface area contributed by atoms with Gasteiger partial charge in [0.15, 0.2) is 0 Å². The Labute approximate surface area is 102 Å². The van der Waals surface area contributed by atoms with Gasteiger partial charge < -0.3 is 10.2 Å². The van der Waals surface area contributed by atoms with E-state index in [4.69, 9.17) is 0 Å². The quantitative estimate of drug-likeness (QED) is 0.816. The first-order valence-corrected chi connectivity index (χ1v) is 6.44. The number of halogens is 1. The molecule has 1 N–H and O–H groups in total. The Bertz CT molecular complexity index is 330. The van der Waals surface area contributed by atoms with Crippen molar-refractivity contribution in [3.63, 3.8) is 0 Å². The minimum absolute atomic E-state index is 0.192. The molecular weight excluding hydrogens is 219 g/mol. The summed E-state index contributed by atoms with van der Waals surface area (Å²) < 4.78 is 13.3. The van der Waals surface area contributed by atoms with Crippen molar-refractivity contribution in [2.24, 2.45) is 5.92 Å². The highest BCUT2D eigenvalue weighted by atomic mass is 19.1. The molecule has 1 fully saturated rings. The second kappa shape index (κ2) is 5.17. The van der Waals surface area contributed by atoms with Crippen LogP contribution in [-0.2, 0) is 4.79 Å². The molecule has 1 saturated heterocycles. The van der Waals surface area contributed by atoms with Crippen molar-refractivity contribution >= 4 is 5.91 Å². The summed E-state index contributed by atoms with van der Waals surface area (Å²) in [5, 5.41) is 2.87. The van der Waals surface area contributed by atoms with Gasteiger partial charge in [0.1, 0.15) is 5.83 Å². The Balaban J connectivity index is 1.79. The van der Waals surface area contributed by atoms with Crippen LogP contribution >= 0.6 is 0 Å². The molecule has 2 rings (SSSR count). The second-order valence-corrected chi connectivity index (χ2v) is 5.34.